The van der Waals surface area contributed by atoms with Crippen LogP contribution in [0.15, 0.2) is 23.0 Å². The summed E-state index contributed by atoms with van der Waals surface area (Å²) in [7, 11) is 2.53. The van der Waals surface area contributed by atoms with Crippen molar-refractivity contribution in [3.8, 4) is 0 Å². The van der Waals surface area contributed by atoms with E-state index in [4.69, 9.17) is 17.0 Å². The average molecular weight is 393 g/mol. The number of hydrogen-bond acceptors (Lipinski definition) is 6. The van der Waals surface area contributed by atoms with Gasteiger partial charge in [0.05, 0.1) is 20.6 Å². The number of rotatable bonds is 4. The molecule has 3 heterocycles. The van der Waals surface area contributed by atoms with Gasteiger partial charge in [0.25, 0.3) is 5.56 Å². The van der Waals surface area contributed by atoms with Gasteiger partial charge in [0.1, 0.15) is 6.04 Å². The summed E-state index contributed by atoms with van der Waals surface area (Å²) >= 11 is 5.50. The molecule has 1 aromatic rings. The minimum Gasteiger partial charge on any atom is -0.469 e. The number of nitrogens with zero attached hydrogens (tertiary/aromatic N) is 2. The molecule has 0 unspecified atom stereocenters. The molecule has 2 bridgehead atoms. The number of methoxy groups -OCH3 is 2. The lowest BCUT2D eigenvalue weighted by atomic mass is 9.83. The second kappa shape index (κ2) is 8.08. The second-order valence-corrected chi connectivity index (χ2v) is 7.30. The number of ether oxygens (including phenoxy) is 2. The summed E-state index contributed by atoms with van der Waals surface area (Å²) in [5, 5.41) is 3.34. The molecule has 1 aromatic heterocycles. The molecule has 2 aliphatic rings. The molecule has 2 aliphatic heterocycles. The van der Waals surface area contributed by atoms with Crippen molar-refractivity contribution in [2.45, 2.75) is 31.3 Å². The molecule has 0 spiro atoms. The van der Waals surface area contributed by atoms with E-state index in [9.17, 15) is 14.4 Å². The Hall–Kier alpha value is -2.42. The van der Waals surface area contributed by atoms with Crippen LogP contribution in [-0.2, 0) is 25.6 Å². The average Bonchev–Trinajstić information content (AvgIpc) is 2.67. The van der Waals surface area contributed by atoms with E-state index in [0.717, 1.165) is 12.1 Å². The van der Waals surface area contributed by atoms with Crippen molar-refractivity contribution in [1.82, 2.24) is 14.8 Å². The maximum Gasteiger partial charge on any atom is 0.328 e. The van der Waals surface area contributed by atoms with Gasteiger partial charge in [0.2, 0.25) is 0 Å². The van der Waals surface area contributed by atoms with E-state index in [0.29, 0.717) is 30.7 Å². The largest absolute Gasteiger partial charge is 0.469 e. The highest BCUT2D eigenvalue weighted by Gasteiger charge is 2.36. The Morgan fingerprint density at radius 1 is 1.26 bits per heavy atom. The number of nitrogens with one attached hydrogen (secondary N) is 1. The fourth-order valence-electron chi connectivity index (χ4n) is 3.89. The predicted molar refractivity (Wildman–Crippen MR) is 101 cm³/mol. The van der Waals surface area contributed by atoms with E-state index in [1.165, 1.54) is 14.2 Å². The van der Waals surface area contributed by atoms with Gasteiger partial charge in [-0.25, -0.2) is 4.79 Å². The van der Waals surface area contributed by atoms with Crippen molar-refractivity contribution in [2.75, 3.05) is 27.3 Å². The van der Waals surface area contributed by atoms with Crippen molar-refractivity contribution < 1.29 is 19.1 Å². The van der Waals surface area contributed by atoms with Gasteiger partial charge in [-0.1, -0.05) is 6.07 Å². The first-order valence-corrected chi connectivity index (χ1v) is 9.23. The second-order valence-electron chi connectivity index (χ2n) is 6.91. The van der Waals surface area contributed by atoms with Crippen LogP contribution < -0.4 is 10.9 Å². The molecule has 27 heavy (non-hydrogen) atoms. The molecule has 1 fully saturated rings. The standard InChI is InChI=1S/C18H23N3O5S/c1-25-16(23)7-13(17(24)26-2)19-18(27)20-8-11-6-12(10-20)14-4-3-5-15(22)21(14)9-11/h3-5,11-13H,6-10H2,1-2H3,(H,19,27)/t11-,12-,13+/m1/s1. The molecule has 1 saturated heterocycles. The van der Waals surface area contributed by atoms with Crippen molar-refractivity contribution in [3.05, 3.63) is 34.2 Å². The summed E-state index contributed by atoms with van der Waals surface area (Å²) in [6, 6.07) is 4.46. The summed E-state index contributed by atoms with van der Waals surface area (Å²) in [4.78, 5) is 37.7. The van der Waals surface area contributed by atoms with Crippen LogP contribution in [0.1, 0.15) is 24.5 Å². The maximum absolute atomic E-state index is 12.1. The van der Waals surface area contributed by atoms with Gasteiger partial charge in [-0.3, -0.25) is 9.59 Å². The van der Waals surface area contributed by atoms with Crippen molar-refractivity contribution in [2.24, 2.45) is 5.92 Å². The smallest absolute Gasteiger partial charge is 0.328 e. The lowest BCUT2D eigenvalue weighted by Crippen LogP contribution is -2.55. The topological polar surface area (TPSA) is 89.9 Å². The van der Waals surface area contributed by atoms with Gasteiger partial charge >= 0.3 is 11.9 Å². The highest BCUT2D eigenvalue weighted by atomic mass is 32.1. The fourth-order valence-corrected chi connectivity index (χ4v) is 4.18. The van der Waals surface area contributed by atoms with Crippen LogP contribution in [0.25, 0.3) is 0 Å². The predicted octanol–water partition coefficient (Wildman–Crippen LogP) is 0.247. The first-order chi connectivity index (χ1) is 12.9. The molecule has 0 amide bonds. The minimum absolute atomic E-state index is 0.0279. The third kappa shape index (κ3) is 4.13. The Kier molecular flexibility index (Phi) is 5.79. The van der Waals surface area contributed by atoms with Crippen LogP contribution in [0.3, 0.4) is 0 Å². The molecule has 1 N–H and O–H groups in total. The summed E-state index contributed by atoms with van der Waals surface area (Å²) < 4.78 is 11.2. The first kappa shape index (κ1) is 19.3. The third-order valence-electron chi connectivity index (χ3n) is 5.15. The molecular weight excluding hydrogens is 370 g/mol. The Bertz CT molecular complexity index is 808. The van der Waals surface area contributed by atoms with Crippen LogP contribution in [-0.4, -0.2) is 59.9 Å². The van der Waals surface area contributed by atoms with E-state index >= 15 is 0 Å². The lowest BCUT2D eigenvalue weighted by molar-refractivity contribution is -0.149. The molecule has 0 aromatic carbocycles. The number of thiocarbonyl (C=S) groups is 1. The molecular formula is C18H23N3O5S. The van der Waals surface area contributed by atoms with Crippen molar-refractivity contribution >= 4 is 29.3 Å². The third-order valence-corrected chi connectivity index (χ3v) is 5.52. The Balaban J connectivity index is 1.72. The number of likely N-dealkylation sites (tertiary alicyclic amines) is 1. The number of carbonyl (C=O) groups is 2. The highest BCUT2D eigenvalue weighted by Crippen LogP contribution is 2.34. The molecule has 0 saturated carbocycles. The molecule has 0 aliphatic carbocycles. The van der Waals surface area contributed by atoms with Crippen LogP contribution in [0.5, 0.6) is 0 Å². The normalized spacial score (nSPS) is 21.6. The summed E-state index contributed by atoms with van der Waals surface area (Å²) in [6.07, 6.45) is 0.841. The van der Waals surface area contributed by atoms with Gasteiger partial charge in [-0.05, 0) is 30.6 Å². The van der Waals surface area contributed by atoms with Gasteiger partial charge in [-0.2, -0.15) is 0 Å². The van der Waals surface area contributed by atoms with Crippen molar-refractivity contribution in [3.63, 3.8) is 0 Å². The SMILES string of the molecule is COC(=O)C[C@H](NC(=S)N1C[C@H]2C[C@H](C1)c1cccc(=O)n1C2)C(=O)OC. The van der Waals surface area contributed by atoms with E-state index in [-0.39, 0.29) is 17.9 Å². The molecule has 8 nitrogen and oxygen atoms in total. The quantitative estimate of drug-likeness (QED) is 0.575. The van der Waals surface area contributed by atoms with E-state index < -0.39 is 18.0 Å². The van der Waals surface area contributed by atoms with Crippen LogP contribution in [0.2, 0.25) is 0 Å². The minimum atomic E-state index is -0.897. The van der Waals surface area contributed by atoms with Crippen LogP contribution in [0, 0.1) is 5.92 Å². The van der Waals surface area contributed by atoms with E-state index in [1.807, 2.05) is 15.5 Å². The first-order valence-electron chi connectivity index (χ1n) is 8.82. The zero-order chi connectivity index (χ0) is 19.6. The van der Waals surface area contributed by atoms with Gasteiger partial charge in [0.15, 0.2) is 5.11 Å². The zero-order valence-electron chi connectivity index (χ0n) is 15.3. The monoisotopic (exact) mass is 393 g/mol. The molecule has 3 rings (SSSR count). The van der Waals surface area contributed by atoms with Crippen molar-refractivity contribution in [1.29, 1.82) is 0 Å². The molecule has 9 heteroatoms. The van der Waals surface area contributed by atoms with Gasteiger partial charge in [-0.15, -0.1) is 0 Å². The number of pyridine rings is 1. The summed E-state index contributed by atoms with van der Waals surface area (Å²) in [5.41, 5.74) is 1.05. The zero-order valence-corrected chi connectivity index (χ0v) is 16.2. The van der Waals surface area contributed by atoms with E-state index in [1.54, 1.807) is 12.1 Å². The number of piperidine rings is 1. The number of aromatic nitrogens is 1. The number of esters is 2. The Labute approximate surface area is 162 Å². The fraction of sp³-hybridized carbons (Fsp3) is 0.556. The van der Waals surface area contributed by atoms with Crippen LogP contribution >= 0.6 is 12.2 Å². The molecule has 146 valence electrons. The number of fused-ring (bicyclic) bond motifs is 4. The van der Waals surface area contributed by atoms with E-state index in [2.05, 4.69) is 10.1 Å². The highest BCUT2D eigenvalue weighted by molar-refractivity contribution is 7.80. The Morgan fingerprint density at radius 2 is 2.04 bits per heavy atom. The molecule has 0 radical (unpaired) electrons. The van der Waals surface area contributed by atoms with Crippen LogP contribution in [0.4, 0.5) is 0 Å². The Morgan fingerprint density at radius 3 is 2.74 bits per heavy atom. The molecule has 3 atom stereocenters. The van der Waals surface area contributed by atoms with Gasteiger partial charge < -0.3 is 24.3 Å². The lowest BCUT2D eigenvalue weighted by Gasteiger charge is -2.44. The van der Waals surface area contributed by atoms with Gasteiger partial charge in [0, 0.05) is 37.3 Å². The maximum atomic E-state index is 12.1. The number of hydrogen-bond donors (Lipinski definition) is 1. The summed E-state index contributed by atoms with van der Waals surface area (Å²) in [6.45, 7) is 2.00. The number of carbonyl (C=O) groups excluding carboxylic acids is 2. The summed E-state index contributed by atoms with van der Waals surface area (Å²) in [5.74, 6) is -0.599.